The van der Waals surface area contributed by atoms with E-state index in [2.05, 4.69) is 10.0 Å². The van der Waals surface area contributed by atoms with Gasteiger partial charge >= 0.3 is 0 Å². The van der Waals surface area contributed by atoms with Gasteiger partial charge in [-0.3, -0.25) is 9.52 Å². The number of hydrogen-bond donors (Lipinski definition) is 3. The molecule has 21 heavy (non-hydrogen) atoms. The van der Waals surface area contributed by atoms with Crippen molar-refractivity contribution < 1.29 is 13.2 Å². The normalized spacial score (nSPS) is 12.1. The Morgan fingerprint density at radius 1 is 1.24 bits per heavy atom. The van der Waals surface area contributed by atoms with E-state index in [0.29, 0.717) is 17.8 Å². The molecule has 8 heteroatoms. The van der Waals surface area contributed by atoms with Crippen LogP contribution < -0.4 is 15.8 Å². The van der Waals surface area contributed by atoms with Gasteiger partial charge in [0.15, 0.2) is 0 Å². The van der Waals surface area contributed by atoms with Crippen molar-refractivity contribution in [2.45, 2.75) is 20.3 Å². The maximum Gasteiger partial charge on any atom is 0.232 e. The Bertz CT molecular complexity index is 546. The van der Waals surface area contributed by atoms with Crippen LogP contribution in [0.3, 0.4) is 0 Å². The number of nitrogens with two attached hydrogens (primary N) is 1. The highest BCUT2D eigenvalue weighted by atomic mass is 35.5. The molecule has 0 saturated carbocycles. The molecule has 0 aliphatic heterocycles. The topological polar surface area (TPSA) is 101 Å². The Hall–Kier alpha value is -1.31. The van der Waals surface area contributed by atoms with Crippen molar-refractivity contribution in [1.82, 2.24) is 0 Å². The molecule has 0 heterocycles. The van der Waals surface area contributed by atoms with Gasteiger partial charge in [-0.2, -0.15) is 0 Å². The second kappa shape index (κ2) is 8.86. The average molecular weight is 336 g/mol. The fourth-order valence-electron chi connectivity index (χ4n) is 1.49. The Balaban J connectivity index is 0.00000400. The van der Waals surface area contributed by atoms with Gasteiger partial charge in [0.05, 0.1) is 5.75 Å². The zero-order valence-corrected chi connectivity index (χ0v) is 13.8. The second-order valence-electron chi connectivity index (χ2n) is 4.62. The molecule has 0 radical (unpaired) electrons. The molecular weight excluding hydrogens is 314 g/mol. The molecule has 4 N–H and O–H groups in total. The number of carbonyl (C=O) groups is 1. The number of amides is 1. The minimum absolute atomic E-state index is 0. The van der Waals surface area contributed by atoms with E-state index in [1.54, 1.807) is 38.1 Å². The quantitative estimate of drug-likeness (QED) is 0.707. The number of hydrogen-bond acceptors (Lipinski definition) is 4. The van der Waals surface area contributed by atoms with E-state index in [-0.39, 0.29) is 36.5 Å². The first-order valence-corrected chi connectivity index (χ1v) is 8.14. The molecule has 120 valence electrons. The minimum Gasteiger partial charge on any atom is -0.330 e. The molecule has 1 amide bonds. The van der Waals surface area contributed by atoms with Gasteiger partial charge in [0.25, 0.3) is 0 Å². The summed E-state index contributed by atoms with van der Waals surface area (Å²) in [5.41, 5.74) is 6.49. The molecule has 0 bridgehead atoms. The lowest BCUT2D eigenvalue weighted by Crippen LogP contribution is -2.26. The number of halogens is 1. The SMILES string of the molecule is CCCS(=O)(=O)Nc1ccc(NC(=O)C(C)CN)cc1.Cl. The smallest absolute Gasteiger partial charge is 0.232 e. The van der Waals surface area contributed by atoms with Crippen molar-refractivity contribution in [1.29, 1.82) is 0 Å². The lowest BCUT2D eigenvalue weighted by atomic mass is 10.1. The third-order valence-electron chi connectivity index (χ3n) is 2.70. The fraction of sp³-hybridized carbons (Fsp3) is 0.462. The summed E-state index contributed by atoms with van der Waals surface area (Å²) in [6.45, 7) is 3.82. The third-order valence-corrected chi connectivity index (χ3v) is 4.19. The van der Waals surface area contributed by atoms with Gasteiger partial charge in [-0.15, -0.1) is 12.4 Å². The van der Waals surface area contributed by atoms with Crippen molar-refractivity contribution in [2.24, 2.45) is 11.7 Å². The van der Waals surface area contributed by atoms with Gasteiger partial charge in [-0.05, 0) is 30.7 Å². The largest absolute Gasteiger partial charge is 0.330 e. The average Bonchev–Trinajstić information content (AvgIpc) is 2.39. The standard InChI is InChI=1S/C13H21N3O3S.ClH/c1-3-8-20(18,19)16-12-6-4-11(5-7-12)15-13(17)10(2)9-14;/h4-7,10,16H,3,8-9,14H2,1-2H3,(H,15,17);1H. The highest BCUT2D eigenvalue weighted by Gasteiger charge is 2.11. The summed E-state index contributed by atoms with van der Waals surface area (Å²) in [4.78, 5) is 11.6. The molecule has 1 aromatic rings. The number of sulfonamides is 1. The van der Waals surface area contributed by atoms with Crippen molar-refractivity contribution in [2.75, 3.05) is 22.3 Å². The molecule has 1 unspecified atom stereocenters. The van der Waals surface area contributed by atoms with Crippen molar-refractivity contribution in [3.8, 4) is 0 Å². The first kappa shape index (κ1) is 19.7. The Labute approximate surface area is 132 Å². The molecule has 1 atom stereocenters. The fourth-order valence-corrected chi connectivity index (χ4v) is 2.63. The molecule has 6 nitrogen and oxygen atoms in total. The monoisotopic (exact) mass is 335 g/mol. The van der Waals surface area contributed by atoms with Crippen LogP contribution in [0.25, 0.3) is 0 Å². The second-order valence-corrected chi connectivity index (χ2v) is 6.47. The van der Waals surface area contributed by atoms with Crippen LogP contribution in [0.4, 0.5) is 11.4 Å². The van der Waals surface area contributed by atoms with Gasteiger partial charge in [0.2, 0.25) is 15.9 Å². The van der Waals surface area contributed by atoms with E-state index >= 15 is 0 Å². The van der Waals surface area contributed by atoms with Gasteiger partial charge in [0.1, 0.15) is 0 Å². The number of benzene rings is 1. The van der Waals surface area contributed by atoms with Gasteiger partial charge < -0.3 is 11.1 Å². The van der Waals surface area contributed by atoms with Crippen LogP contribution in [0.5, 0.6) is 0 Å². The highest BCUT2D eigenvalue weighted by molar-refractivity contribution is 7.92. The Kier molecular flexibility index (Phi) is 8.31. The Morgan fingerprint density at radius 3 is 2.24 bits per heavy atom. The zero-order chi connectivity index (χ0) is 15.2. The predicted octanol–water partition coefficient (Wildman–Crippen LogP) is 1.79. The minimum atomic E-state index is -3.29. The molecule has 1 aromatic carbocycles. The Morgan fingerprint density at radius 2 is 1.76 bits per heavy atom. The summed E-state index contributed by atoms with van der Waals surface area (Å²) in [6.07, 6.45) is 0.556. The van der Waals surface area contributed by atoms with Crippen molar-refractivity contribution in [3.63, 3.8) is 0 Å². The van der Waals surface area contributed by atoms with Crippen molar-refractivity contribution >= 4 is 39.7 Å². The first-order valence-electron chi connectivity index (χ1n) is 6.49. The molecule has 0 aromatic heterocycles. The number of rotatable bonds is 7. The van der Waals surface area contributed by atoms with Crippen LogP contribution in [0.1, 0.15) is 20.3 Å². The summed E-state index contributed by atoms with van der Waals surface area (Å²) in [5, 5.41) is 2.71. The maximum atomic E-state index is 11.6. The van der Waals surface area contributed by atoms with E-state index in [1.807, 2.05) is 0 Å². The van der Waals surface area contributed by atoms with Crippen LogP contribution >= 0.6 is 12.4 Å². The highest BCUT2D eigenvalue weighted by Crippen LogP contribution is 2.15. The number of nitrogens with one attached hydrogen (secondary N) is 2. The van der Waals surface area contributed by atoms with Crippen molar-refractivity contribution in [3.05, 3.63) is 24.3 Å². The number of anilines is 2. The summed E-state index contributed by atoms with van der Waals surface area (Å²) >= 11 is 0. The third kappa shape index (κ3) is 6.79. The molecule has 1 rings (SSSR count). The van der Waals surface area contributed by atoms with Crippen LogP contribution in [0, 0.1) is 5.92 Å². The summed E-state index contributed by atoms with van der Waals surface area (Å²) < 4.78 is 25.7. The van der Waals surface area contributed by atoms with E-state index in [0.717, 1.165) is 0 Å². The molecule has 0 aliphatic carbocycles. The van der Waals surface area contributed by atoms with Crippen LogP contribution in [0.2, 0.25) is 0 Å². The van der Waals surface area contributed by atoms with Crippen LogP contribution in [0.15, 0.2) is 24.3 Å². The first-order chi connectivity index (χ1) is 9.38. The van der Waals surface area contributed by atoms with Crippen LogP contribution in [-0.4, -0.2) is 26.6 Å². The predicted molar refractivity (Wildman–Crippen MR) is 88.2 cm³/mol. The lowest BCUT2D eigenvalue weighted by Gasteiger charge is -2.11. The maximum absolute atomic E-state index is 11.6. The van der Waals surface area contributed by atoms with E-state index in [1.165, 1.54) is 0 Å². The summed E-state index contributed by atoms with van der Waals surface area (Å²) in [7, 11) is -3.29. The molecule has 0 spiro atoms. The molecule has 0 fully saturated rings. The van der Waals surface area contributed by atoms with E-state index in [4.69, 9.17) is 5.73 Å². The van der Waals surface area contributed by atoms with Crippen LogP contribution in [-0.2, 0) is 14.8 Å². The van der Waals surface area contributed by atoms with E-state index < -0.39 is 10.0 Å². The lowest BCUT2D eigenvalue weighted by molar-refractivity contribution is -0.119. The van der Waals surface area contributed by atoms with Gasteiger partial charge in [-0.1, -0.05) is 13.8 Å². The van der Waals surface area contributed by atoms with Gasteiger partial charge in [0, 0.05) is 23.8 Å². The van der Waals surface area contributed by atoms with E-state index in [9.17, 15) is 13.2 Å². The molecule has 0 aliphatic rings. The van der Waals surface area contributed by atoms with Gasteiger partial charge in [-0.25, -0.2) is 8.42 Å². The molecular formula is C13H22ClN3O3S. The summed E-state index contributed by atoms with van der Waals surface area (Å²) in [5.74, 6) is -0.344. The summed E-state index contributed by atoms with van der Waals surface area (Å²) in [6, 6.07) is 6.50. The zero-order valence-electron chi connectivity index (χ0n) is 12.1. The molecule has 0 saturated heterocycles. The number of carbonyl (C=O) groups excluding carboxylic acids is 1.